The zero-order valence-corrected chi connectivity index (χ0v) is 8.56. The first-order chi connectivity index (χ1) is 7.02. The molecule has 1 rings (SSSR count). The van der Waals surface area contributed by atoms with Crippen LogP contribution in [-0.2, 0) is 9.59 Å². The minimum Gasteiger partial charge on any atom is -0.479 e. The number of aliphatic hydroxyl groups excluding tert-OH is 1. The average Bonchev–Trinajstić information content (AvgIpc) is 2.60. The molecule has 0 saturated carbocycles. The molecule has 4 N–H and O–H groups in total. The molecule has 1 saturated heterocycles. The van der Waals surface area contributed by atoms with E-state index in [0.29, 0.717) is 0 Å². The largest absolute Gasteiger partial charge is 0.479 e. The van der Waals surface area contributed by atoms with Gasteiger partial charge in [0.05, 0.1) is 12.5 Å². The summed E-state index contributed by atoms with van der Waals surface area (Å²) >= 11 is 0. The highest BCUT2D eigenvalue weighted by Gasteiger charge is 2.29. The lowest BCUT2D eigenvalue weighted by molar-refractivity contribution is -0.146. The Labute approximate surface area is 87.7 Å². The van der Waals surface area contributed by atoms with Crippen LogP contribution in [0.1, 0.15) is 13.3 Å². The molecule has 2 unspecified atom stereocenters. The molecule has 1 aliphatic heterocycles. The van der Waals surface area contributed by atoms with Crippen molar-refractivity contribution in [2.24, 2.45) is 5.92 Å². The quantitative estimate of drug-likeness (QED) is 0.460. The second-order valence-electron chi connectivity index (χ2n) is 3.74. The zero-order chi connectivity index (χ0) is 11.4. The number of hydrogen-bond donors (Lipinski definition) is 4. The average molecular weight is 216 g/mol. The molecule has 1 heterocycles. The van der Waals surface area contributed by atoms with Gasteiger partial charge in [-0.1, -0.05) is 0 Å². The van der Waals surface area contributed by atoms with E-state index in [0.717, 1.165) is 13.0 Å². The van der Waals surface area contributed by atoms with Crippen LogP contribution >= 0.6 is 0 Å². The number of amides is 1. The van der Waals surface area contributed by atoms with Gasteiger partial charge in [-0.25, -0.2) is 4.79 Å². The molecule has 0 spiro atoms. The van der Waals surface area contributed by atoms with E-state index in [1.54, 1.807) is 0 Å². The molecule has 86 valence electrons. The summed E-state index contributed by atoms with van der Waals surface area (Å²) in [6.45, 7) is 2.46. The second-order valence-corrected chi connectivity index (χ2v) is 3.74. The smallest absolute Gasteiger partial charge is 0.334 e. The molecular weight excluding hydrogens is 200 g/mol. The molecule has 3 atom stereocenters. The van der Waals surface area contributed by atoms with Gasteiger partial charge in [-0.2, -0.15) is 0 Å². The molecule has 0 aromatic carbocycles. The van der Waals surface area contributed by atoms with Crippen LogP contribution in [0.15, 0.2) is 0 Å². The highest BCUT2D eigenvalue weighted by atomic mass is 16.4. The van der Waals surface area contributed by atoms with E-state index >= 15 is 0 Å². The molecule has 1 aliphatic rings. The topological polar surface area (TPSA) is 98.7 Å². The number of aliphatic carboxylic acids is 1. The molecule has 0 aromatic heterocycles. The first kappa shape index (κ1) is 11.9. The predicted molar refractivity (Wildman–Crippen MR) is 52.2 cm³/mol. The van der Waals surface area contributed by atoms with Crippen LogP contribution in [0.25, 0.3) is 0 Å². The molecule has 0 bridgehead atoms. The number of hydrogen-bond acceptors (Lipinski definition) is 4. The van der Waals surface area contributed by atoms with Crippen LogP contribution in [0.3, 0.4) is 0 Å². The third kappa shape index (κ3) is 3.17. The summed E-state index contributed by atoms with van der Waals surface area (Å²) in [5.74, 6) is -1.66. The van der Waals surface area contributed by atoms with Gasteiger partial charge in [0.2, 0.25) is 5.91 Å². The Bertz CT molecular complexity index is 256. The molecule has 0 aliphatic carbocycles. The Morgan fingerprint density at radius 3 is 2.73 bits per heavy atom. The Morgan fingerprint density at radius 2 is 2.27 bits per heavy atom. The molecule has 1 amide bonds. The number of carboxylic acids is 1. The van der Waals surface area contributed by atoms with E-state index in [-0.39, 0.29) is 24.4 Å². The zero-order valence-electron chi connectivity index (χ0n) is 8.56. The summed E-state index contributed by atoms with van der Waals surface area (Å²) in [6.07, 6.45) is -0.783. The van der Waals surface area contributed by atoms with Crippen molar-refractivity contribution < 1.29 is 19.8 Å². The normalized spacial score (nSPS) is 27.3. The summed E-state index contributed by atoms with van der Waals surface area (Å²) in [5, 5.41) is 22.9. The minimum atomic E-state index is -1.53. The van der Waals surface area contributed by atoms with E-state index in [9.17, 15) is 9.59 Å². The van der Waals surface area contributed by atoms with Crippen molar-refractivity contribution in [2.45, 2.75) is 25.5 Å². The van der Waals surface area contributed by atoms with Crippen molar-refractivity contribution in [3.63, 3.8) is 0 Å². The van der Waals surface area contributed by atoms with Gasteiger partial charge < -0.3 is 20.8 Å². The lowest BCUT2D eigenvalue weighted by atomic mass is 10.0. The standard InChI is InChI=1S/C9H16N2O4/c1-5-6(2-3-10-5)8(13)11-4-7(12)9(14)15/h5-7,10,12H,2-4H2,1H3,(H,11,13)(H,14,15)/t5?,6?,7-/m0/s1. The number of aliphatic hydroxyl groups is 1. The lowest BCUT2D eigenvalue weighted by Gasteiger charge is -2.15. The molecule has 6 heteroatoms. The van der Waals surface area contributed by atoms with Crippen LogP contribution < -0.4 is 10.6 Å². The summed E-state index contributed by atoms with van der Waals surface area (Å²) in [6, 6.07) is 0.104. The van der Waals surface area contributed by atoms with Gasteiger partial charge in [-0.3, -0.25) is 4.79 Å². The molecule has 0 aromatic rings. The van der Waals surface area contributed by atoms with Crippen LogP contribution in [0.5, 0.6) is 0 Å². The molecule has 6 nitrogen and oxygen atoms in total. The van der Waals surface area contributed by atoms with Crippen molar-refractivity contribution in [1.29, 1.82) is 0 Å². The van der Waals surface area contributed by atoms with Crippen molar-refractivity contribution in [1.82, 2.24) is 10.6 Å². The highest BCUT2D eigenvalue weighted by Crippen LogP contribution is 2.14. The SMILES string of the molecule is CC1NCCC1C(=O)NC[C@H](O)C(=O)O. The maximum atomic E-state index is 11.5. The maximum absolute atomic E-state index is 11.5. The molecule has 0 radical (unpaired) electrons. The minimum absolute atomic E-state index is 0.104. The van der Waals surface area contributed by atoms with Crippen LogP contribution in [0, 0.1) is 5.92 Å². The third-order valence-corrected chi connectivity index (χ3v) is 2.62. The van der Waals surface area contributed by atoms with E-state index in [1.807, 2.05) is 6.92 Å². The Kier molecular flexibility index (Phi) is 4.05. The predicted octanol–water partition coefficient (Wildman–Crippen LogP) is -1.45. The lowest BCUT2D eigenvalue weighted by Crippen LogP contribution is -2.42. The van der Waals surface area contributed by atoms with Crippen molar-refractivity contribution in [2.75, 3.05) is 13.1 Å². The van der Waals surface area contributed by atoms with Gasteiger partial charge >= 0.3 is 5.97 Å². The van der Waals surface area contributed by atoms with Gasteiger partial charge in [-0.15, -0.1) is 0 Å². The molecule has 15 heavy (non-hydrogen) atoms. The fourth-order valence-electron chi connectivity index (χ4n) is 1.63. The number of carboxylic acid groups (broad SMARTS) is 1. The van der Waals surface area contributed by atoms with E-state index in [4.69, 9.17) is 10.2 Å². The summed E-state index contributed by atoms with van der Waals surface area (Å²) in [4.78, 5) is 21.8. The van der Waals surface area contributed by atoms with Crippen LogP contribution in [-0.4, -0.2) is 47.3 Å². The van der Waals surface area contributed by atoms with E-state index in [2.05, 4.69) is 10.6 Å². The highest BCUT2D eigenvalue weighted by molar-refractivity contribution is 5.80. The van der Waals surface area contributed by atoms with Crippen LogP contribution in [0.2, 0.25) is 0 Å². The van der Waals surface area contributed by atoms with Crippen molar-refractivity contribution >= 4 is 11.9 Å². The number of carbonyl (C=O) groups is 2. The fourth-order valence-corrected chi connectivity index (χ4v) is 1.63. The van der Waals surface area contributed by atoms with Gasteiger partial charge in [0.15, 0.2) is 6.10 Å². The first-order valence-corrected chi connectivity index (χ1v) is 4.94. The first-order valence-electron chi connectivity index (χ1n) is 4.94. The number of nitrogens with one attached hydrogen (secondary N) is 2. The third-order valence-electron chi connectivity index (χ3n) is 2.62. The Balaban J connectivity index is 2.32. The number of rotatable bonds is 4. The molecular formula is C9H16N2O4. The summed E-state index contributed by atoms with van der Waals surface area (Å²) < 4.78 is 0. The van der Waals surface area contributed by atoms with Crippen molar-refractivity contribution in [3.05, 3.63) is 0 Å². The molecule has 1 fully saturated rings. The summed E-state index contributed by atoms with van der Waals surface area (Å²) in [7, 11) is 0. The van der Waals surface area contributed by atoms with E-state index in [1.165, 1.54) is 0 Å². The maximum Gasteiger partial charge on any atom is 0.334 e. The second kappa shape index (κ2) is 5.09. The van der Waals surface area contributed by atoms with Gasteiger partial charge in [0.25, 0.3) is 0 Å². The summed E-state index contributed by atoms with van der Waals surface area (Å²) in [5.41, 5.74) is 0. The van der Waals surface area contributed by atoms with E-state index < -0.39 is 12.1 Å². The van der Waals surface area contributed by atoms with Crippen LogP contribution in [0.4, 0.5) is 0 Å². The number of carbonyl (C=O) groups excluding carboxylic acids is 1. The Hall–Kier alpha value is -1.14. The fraction of sp³-hybridized carbons (Fsp3) is 0.778. The Morgan fingerprint density at radius 1 is 1.60 bits per heavy atom. The van der Waals surface area contributed by atoms with Gasteiger partial charge in [-0.05, 0) is 19.9 Å². The van der Waals surface area contributed by atoms with Gasteiger partial charge in [0.1, 0.15) is 0 Å². The monoisotopic (exact) mass is 216 g/mol. The van der Waals surface area contributed by atoms with Crippen molar-refractivity contribution in [3.8, 4) is 0 Å². The van der Waals surface area contributed by atoms with Gasteiger partial charge in [0, 0.05) is 6.04 Å².